The first-order valence-corrected chi connectivity index (χ1v) is 8.47. The van der Waals surface area contributed by atoms with Gasteiger partial charge in [-0.3, -0.25) is 14.2 Å². The lowest BCUT2D eigenvalue weighted by molar-refractivity contribution is 1.36. The third-order valence-electron chi connectivity index (χ3n) is 3.53. The molecule has 0 fully saturated rings. The number of nitrogens with zero attached hydrogens (tertiary/aromatic N) is 1. The zero-order valence-corrected chi connectivity index (χ0v) is 14.2. The van der Waals surface area contributed by atoms with Crippen LogP contribution < -0.4 is 5.56 Å². The predicted molar refractivity (Wildman–Crippen MR) is 95.9 cm³/mol. The van der Waals surface area contributed by atoms with Crippen molar-refractivity contribution in [1.82, 2.24) is 9.36 Å². The lowest BCUT2D eigenvalue weighted by atomic mass is 10.0. The standard InChI is InChI=1S/C16H8BrClN2OS/c17-12-6-9(7-13-14(12)16(21)20-22-13)15-11-2-1-10(18)5-8(11)3-4-19-15/h1-7H,(H,20,21). The first-order chi connectivity index (χ1) is 10.6. The molecule has 0 amide bonds. The van der Waals surface area contributed by atoms with Gasteiger partial charge in [0.1, 0.15) is 0 Å². The van der Waals surface area contributed by atoms with Crippen molar-refractivity contribution in [2.24, 2.45) is 0 Å². The zero-order valence-electron chi connectivity index (χ0n) is 11.1. The highest BCUT2D eigenvalue weighted by atomic mass is 79.9. The van der Waals surface area contributed by atoms with Gasteiger partial charge in [-0.05, 0) is 51.6 Å². The Labute approximate surface area is 142 Å². The lowest BCUT2D eigenvalue weighted by Gasteiger charge is -2.07. The third kappa shape index (κ3) is 2.17. The van der Waals surface area contributed by atoms with Gasteiger partial charge in [0.25, 0.3) is 5.56 Å². The number of pyridine rings is 1. The Kier molecular flexibility index (Phi) is 3.29. The van der Waals surface area contributed by atoms with Crippen molar-refractivity contribution in [2.75, 3.05) is 0 Å². The fourth-order valence-electron chi connectivity index (χ4n) is 2.55. The van der Waals surface area contributed by atoms with Crippen molar-refractivity contribution >= 4 is 59.9 Å². The van der Waals surface area contributed by atoms with Crippen molar-refractivity contribution in [2.45, 2.75) is 0 Å². The van der Waals surface area contributed by atoms with Crippen LogP contribution in [0, 0.1) is 0 Å². The fraction of sp³-hybridized carbons (Fsp3) is 0. The number of hydrogen-bond acceptors (Lipinski definition) is 3. The van der Waals surface area contributed by atoms with Crippen LogP contribution in [0.4, 0.5) is 0 Å². The first-order valence-electron chi connectivity index (χ1n) is 6.49. The number of aromatic nitrogens is 2. The van der Waals surface area contributed by atoms with E-state index in [2.05, 4.69) is 25.3 Å². The van der Waals surface area contributed by atoms with E-state index in [9.17, 15) is 4.79 Å². The van der Waals surface area contributed by atoms with Gasteiger partial charge in [-0.25, -0.2) is 0 Å². The molecular formula is C16H8BrClN2OS. The van der Waals surface area contributed by atoms with Crippen LogP contribution in [0.1, 0.15) is 0 Å². The average molecular weight is 392 g/mol. The smallest absolute Gasteiger partial charge is 0.267 e. The summed E-state index contributed by atoms with van der Waals surface area (Å²) in [6.07, 6.45) is 1.77. The molecule has 0 aliphatic heterocycles. The second kappa shape index (κ2) is 5.19. The van der Waals surface area contributed by atoms with Crippen molar-refractivity contribution in [3.05, 3.63) is 62.4 Å². The maximum absolute atomic E-state index is 11.8. The van der Waals surface area contributed by atoms with E-state index in [4.69, 9.17) is 11.6 Å². The second-order valence-electron chi connectivity index (χ2n) is 4.89. The van der Waals surface area contributed by atoms with Crippen LogP contribution in [0.5, 0.6) is 0 Å². The summed E-state index contributed by atoms with van der Waals surface area (Å²) < 4.78 is 4.44. The Balaban J connectivity index is 2.05. The summed E-state index contributed by atoms with van der Waals surface area (Å²) in [6.45, 7) is 0. The van der Waals surface area contributed by atoms with Crippen molar-refractivity contribution in [1.29, 1.82) is 0 Å². The van der Waals surface area contributed by atoms with E-state index in [0.29, 0.717) is 10.4 Å². The summed E-state index contributed by atoms with van der Waals surface area (Å²) in [5.74, 6) is 0. The van der Waals surface area contributed by atoms with E-state index in [1.165, 1.54) is 11.5 Å². The van der Waals surface area contributed by atoms with Gasteiger partial charge in [0.15, 0.2) is 0 Å². The molecule has 2 aromatic carbocycles. The van der Waals surface area contributed by atoms with Crippen LogP contribution in [0.2, 0.25) is 5.02 Å². The molecule has 0 aliphatic rings. The molecule has 0 saturated heterocycles. The van der Waals surface area contributed by atoms with E-state index < -0.39 is 0 Å². The first kappa shape index (κ1) is 13.9. The molecule has 1 N–H and O–H groups in total. The van der Waals surface area contributed by atoms with Crippen LogP contribution in [-0.4, -0.2) is 9.36 Å². The molecule has 2 aromatic heterocycles. The Morgan fingerprint density at radius 2 is 2.05 bits per heavy atom. The molecule has 2 heterocycles. The minimum atomic E-state index is -0.0731. The molecule has 0 radical (unpaired) electrons. The molecule has 0 unspecified atom stereocenters. The molecule has 0 bridgehead atoms. The van der Waals surface area contributed by atoms with Crippen molar-refractivity contribution < 1.29 is 0 Å². The third-order valence-corrected chi connectivity index (χ3v) is 5.22. The Morgan fingerprint density at radius 3 is 2.91 bits per heavy atom. The summed E-state index contributed by atoms with van der Waals surface area (Å²) in [7, 11) is 0. The molecule has 0 aliphatic carbocycles. The molecule has 6 heteroatoms. The predicted octanol–water partition coefficient (Wildman–Crippen LogP) is 5.22. The van der Waals surface area contributed by atoms with E-state index in [0.717, 1.165) is 31.2 Å². The molecule has 0 atom stereocenters. The molecule has 4 rings (SSSR count). The van der Waals surface area contributed by atoms with Crippen LogP contribution in [0.15, 0.2) is 51.9 Å². The largest absolute Gasteiger partial charge is 0.277 e. The van der Waals surface area contributed by atoms with E-state index in [1.807, 2.05) is 36.4 Å². The highest BCUT2D eigenvalue weighted by molar-refractivity contribution is 9.10. The highest BCUT2D eigenvalue weighted by Gasteiger charge is 2.12. The zero-order chi connectivity index (χ0) is 15.3. The van der Waals surface area contributed by atoms with Crippen molar-refractivity contribution in [3.8, 4) is 11.3 Å². The SMILES string of the molecule is O=c1[nH]sc2cc(-c3nccc4cc(Cl)ccc34)cc(Br)c12. The summed E-state index contributed by atoms with van der Waals surface area (Å²) in [4.78, 5) is 16.3. The lowest BCUT2D eigenvalue weighted by Crippen LogP contribution is -1.97. The molecule has 22 heavy (non-hydrogen) atoms. The summed E-state index contributed by atoms with van der Waals surface area (Å²) in [5, 5.41) is 3.44. The van der Waals surface area contributed by atoms with Gasteiger partial charge < -0.3 is 0 Å². The molecule has 0 saturated carbocycles. The van der Waals surface area contributed by atoms with Gasteiger partial charge in [0, 0.05) is 26.6 Å². The summed E-state index contributed by atoms with van der Waals surface area (Å²) in [6, 6.07) is 11.6. The van der Waals surface area contributed by atoms with Crippen LogP contribution in [0.3, 0.4) is 0 Å². The van der Waals surface area contributed by atoms with E-state index in [1.54, 1.807) is 6.20 Å². The summed E-state index contributed by atoms with van der Waals surface area (Å²) >= 11 is 10.9. The van der Waals surface area contributed by atoms with Gasteiger partial charge in [-0.1, -0.05) is 29.2 Å². The Morgan fingerprint density at radius 1 is 1.18 bits per heavy atom. The van der Waals surface area contributed by atoms with Crippen LogP contribution in [0.25, 0.3) is 32.1 Å². The Hall–Kier alpha value is -1.69. The second-order valence-corrected chi connectivity index (χ2v) is 7.03. The van der Waals surface area contributed by atoms with Gasteiger partial charge >= 0.3 is 0 Å². The van der Waals surface area contributed by atoms with Crippen LogP contribution in [-0.2, 0) is 0 Å². The van der Waals surface area contributed by atoms with Gasteiger partial charge in [0.05, 0.1) is 15.8 Å². The van der Waals surface area contributed by atoms with Gasteiger partial charge in [0.2, 0.25) is 0 Å². The minimum absolute atomic E-state index is 0.0731. The van der Waals surface area contributed by atoms with E-state index >= 15 is 0 Å². The normalized spacial score (nSPS) is 11.4. The number of fused-ring (bicyclic) bond motifs is 2. The van der Waals surface area contributed by atoms with Gasteiger partial charge in [-0.2, -0.15) is 0 Å². The number of rotatable bonds is 1. The number of halogens is 2. The number of hydrogen-bond donors (Lipinski definition) is 1. The number of nitrogens with one attached hydrogen (secondary N) is 1. The van der Waals surface area contributed by atoms with Crippen LogP contribution >= 0.6 is 39.1 Å². The quantitative estimate of drug-likeness (QED) is 0.483. The molecule has 108 valence electrons. The van der Waals surface area contributed by atoms with Crippen molar-refractivity contribution in [3.63, 3.8) is 0 Å². The summed E-state index contributed by atoms with van der Waals surface area (Å²) in [5.41, 5.74) is 1.76. The Bertz CT molecular complexity index is 1090. The minimum Gasteiger partial charge on any atom is -0.277 e. The number of benzene rings is 2. The number of aromatic amines is 1. The maximum Gasteiger partial charge on any atom is 0.267 e. The maximum atomic E-state index is 11.8. The average Bonchev–Trinajstić information content (AvgIpc) is 2.88. The topological polar surface area (TPSA) is 45.8 Å². The monoisotopic (exact) mass is 390 g/mol. The number of H-pyrrole nitrogens is 1. The molecular weight excluding hydrogens is 384 g/mol. The molecule has 3 nitrogen and oxygen atoms in total. The molecule has 4 aromatic rings. The molecule has 0 spiro atoms. The highest BCUT2D eigenvalue weighted by Crippen LogP contribution is 2.33. The van der Waals surface area contributed by atoms with E-state index in [-0.39, 0.29) is 5.56 Å². The van der Waals surface area contributed by atoms with Gasteiger partial charge in [-0.15, -0.1) is 0 Å². The fourth-order valence-corrected chi connectivity index (χ4v) is 4.30.